The summed E-state index contributed by atoms with van der Waals surface area (Å²) in [6.45, 7) is 3.23. The maximum atomic E-state index is 13.5. The second-order valence-electron chi connectivity index (χ2n) is 17.0. The molecule has 0 aromatic rings. The van der Waals surface area contributed by atoms with Gasteiger partial charge in [-0.25, -0.2) is 20.9 Å². The molecule has 0 heterocycles. The van der Waals surface area contributed by atoms with Crippen LogP contribution < -0.4 is 11.8 Å². The van der Waals surface area contributed by atoms with Crippen molar-refractivity contribution < 1.29 is 88.1 Å². The monoisotopic (exact) mass is 999 g/mol. The van der Waals surface area contributed by atoms with Gasteiger partial charge in [-0.05, 0) is 51.4 Å². The van der Waals surface area contributed by atoms with Crippen LogP contribution in [-0.4, -0.2) is 93.2 Å². The molecule has 0 amide bonds. The molecule has 0 saturated heterocycles. The number of aliphatic hydroxyl groups is 4. The summed E-state index contributed by atoms with van der Waals surface area (Å²) in [5, 5.41) is 42.4. The SMILES string of the molecule is CCCCC/C=C/C/C=C/C/C=C/C/C=C/CCCC(=O)OC[C@H](COP(=O)(O[NH3+])OC1[C@H](O)[C@H](O)C(OP(=O)(O)O[NH3+])[C@H](O)[C@H]1O)OC(=O)CCCCCCCCCCCCCCCCC. The van der Waals surface area contributed by atoms with E-state index in [2.05, 4.69) is 75.9 Å². The van der Waals surface area contributed by atoms with Gasteiger partial charge in [-0.3, -0.25) is 28.1 Å². The van der Waals surface area contributed by atoms with Gasteiger partial charge < -0.3 is 29.9 Å². The second kappa shape index (κ2) is 39.6. The lowest BCUT2D eigenvalue weighted by molar-refractivity contribution is -0.644. The molecule has 67 heavy (non-hydrogen) atoms. The molecule has 0 bridgehead atoms. The molecule has 4 unspecified atom stereocenters. The largest absolute Gasteiger partial charge is 0.521 e. The molecule has 1 aliphatic carbocycles. The highest BCUT2D eigenvalue weighted by Gasteiger charge is 2.55. The van der Waals surface area contributed by atoms with Crippen LogP contribution in [0.25, 0.3) is 0 Å². The van der Waals surface area contributed by atoms with Crippen molar-refractivity contribution in [3.63, 3.8) is 0 Å². The molecule has 0 aliphatic heterocycles. The van der Waals surface area contributed by atoms with Gasteiger partial charge >= 0.3 is 27.6 Å². The summed E-state index contributed by atoms with van der Waals surface area (Å²) in [5.41, 5.74) is 0. The molecular formula is C47H88N2O16P2+2. The van der Waals surface area contributed by atoms with Crippen LogP contribution in [-0.2, 0) is 51.0 Å². The van der Waals surface area contributed by atoms with E-state index in [1.165, 1.54) is 83.5 Å². The van der Waals surface area contributed by atoms with Crippen molar-refractivity contribution >= 4 is 27.6 Å². The van der Waals surface area contributed by atoms with Crippen LogP contribution in [0.15, 0.2) is 48.6 Å². The molecule has 11 N–H and O–H groups in total. The predicted octanol–water partition coefficient (Wildman–Crippen LogP) is 7.65. The molecule has 9 atom stereocenters. The Bertz CT molecular complexity index is 1480. The van der Waals surface area contributed by atoms with Gasteiger partial charge in [0.2, 0.25) is 0 Å². The zero-order valence-corrected chi connectivity index (χ0v) is 42.3. The number of esters is 2. The fourth-order valence-electron chi connectivity index (χ4n) is 7.22. The maximum absolute atomic E-state index is 13.5. The molecule has 1 saturated carbocycles. The number of unbranched alkanes of at least 4 members (excludes halogenated alkanes) is 18. The number of carbonyl (C=O) groups excluding carboxylic acids is 2. The van der Waals surface area contributed by atoms with E-state index in [0.717, 1.165) is 51.4 Å². The van der Waals surface area contributed by atoms with Gasteiger partial charge in [-0.2, -0.15) is 0 Å². The maximum Gasteiger partial charge on any atom is 0.521 e. The highest BCUT2D eigenvalue weighted by atomic mass is 31.2. The van der Waals surface area contributed by atoms with E-state index in [-0.39, 0.29) is 12.8 Å². The first-order valence-corrected chi connectivity index (χ1v) is 27.7. The summed E-state index contributed by atoms with van der Waals surface area (Å²) in [7, 11) is -9.82. The first-order chi connectivity index (χ1) is 32.2. The summed E-state index contributed by atoms with van der Waals surface area (Å²) in [5.74, 6) is 4.64. The number of carbonyl (C=O) groups is 2. The average Bonchev–Trinajstić information content (AvgIpc) is 3.31. The van der Waals surface area contributed by atoms with Crippen molar-refractivity contribution in [3.05, 3.63) is 48.6 Å². The molecule has 0 aromatic heterocycles. The topological polar surface area (TPSA) is 289 Å². The number of hydrogen-bond donors (Lipinski definition) is 7. The van der Waals surface area contributed by atoms with E-state index < -0.39 is 83.5 Å². The summed E-state index contributed by atoms with van der Waals surface area (Å²) in [6, 6.07) is 0. The van der Waals surface area contributed by atoms with E-state index in [1.807, 2.05) is 12.2 Å². The quantitative estimate of drug-likeness (QED) is 0.0102. The van der Waals surface area contributed by atoms with Gasteiger partial charge in [0.15, 0.2) is 6.10 Å². The number of aliphatic hydroxyl groups excluding tert-OH is 4. The molecule has 1 aliphatic rings. The minimum absolute atomic E-state index is 0.0666. The van der Waals surface area contributed by atoms with Gasteiger partial charge in [0, 0.05) is 12.8 Å². The highest BCUT2D eigenvalue weighted by Crippen LogP contribution is 2.51. The van der Waals surface area contributed by atoms with E-state index in [1.54, 1.807) is 0 Å². The van der Waals surface area contributed by atoms with Crippen molar-refractivity contribution in [1.29, 1.82) is 0 Å². The van der Waals surface area contributed by atoms with Crippen molar-refractivity contribution in [3.8, 4) is 0 Å². The molecule has 1 rings (SSSR count). The van der Waals surface area contributed by atoms with Crippen LogP contribution in [0.1, 0.15) is 181 Å². The van der Waals surface area contributed by atoms with Crippen LogP contribution in [0.5, 0.6) is 0 Å². The van der Waals surface area contributed by atoms with E-state index >= 15 is 0 Å². The Balaban J connectivity index is 2.68. The smallest absolute Gasteiger partial charge is 0.462 e. The summed E-state index contributed by atoms with van der Waals surface area (Å²) in [6.07, 6.45) is 28.9. The Labute approximate surface area is 400 Å². The zero-order chi connectivity index (χ0) is 49.6. The first kappa shape index (κ1) is 62.9. The number of allylic oxidation sites excluding steroid dienone is 8. The van der Waals surface area contributed by atoms with Crippen molar-refractivity contribution in [2.75, 3.05) is 13.2 Å². The van der Waals surface area contributed by atoms with Crippen LogP contribution in [0, 0.1) is 0 Å². The third-order valence-electron chi connectivity index (χ3n) is 11.2. The van der Waals surface area contributed by atoms with Crippen molar-refractivity contribution in [2.45, 2.75) is 224 Å². The second-order valence-corrected chi connectivity index (χ2v) is 20.1. The molecule has 390 valence electrons. The Hall–Kier alpha value is -2.12. The Morgan fingerprint density at radius 2 is 0.925 bits per heavy atom. The lowest BCUT2D eigenvalue weighted by Crippen LogP contribution is -2.65. The van der Waals surface area contributed by atoms with Gasteiger partial charge in [-0.1, -0.05) is 174 Å². The lowest BCUT2D eigenvalue weighted by atomic mass is 9.85. The standard InChI is InChI=1S/C47H87N2O16P2/c1-3-5-7-9-11-13-15-17-19-20-22-23-25-27-29-31-33-35-40(50)59-37-39(61-41(51)36-34-32-30-28-26-24-21-18-16-14-12-10-8-6-4-2)38-60-67(58,65-49)63-47-44(54)42(52)46(43(53)45(47)55)62-66(56,57)64-48/h11,13,17,19,22-23,27,29,39,42-47,52-55H,3-10,12,14-16,18,20-21,24-26,28,30-38H2,1-2,48-49H3/q+1/p+1/b13-11+,19-17+,23-22+,29-27+/t39-,42-,43+,44-,45-,46?,47?,67?/m1/s1. The van der Waals surface area contributed by atoms with E-state index in [0.29, 0.717) is 19.3 Å². The number of phosphoric acid groups is 2. The Morgan fingerprint density at radius 3 is 1.39 bits per heavy atom. The first-order valence-electron chi connectivity index (χ1n) is 24.7. The van der Waals surface area contributed by atoms with Gasteiger partial charge in [0.25, 0.3) is 0 Å². The van der Waals surface area contributed by atoms with Crippen LogP contribution >= 0.6 is 15.6 Å². The molecule has 0 aromatic carbocycles. The highest BCUT2D eigenvalue weighted by molar-refractivity contribution is 7.48. The number of ether oxygens (including phenoxy) is 2. The fourth-order valence-corrected chi connectivity index (χ4v) is 8.93. The third-order valence-corrected chi connectivity index (χ3v) is 13.3. The Kier molecular flexibility index (Phi) is 37.2. The van der Waals surface area contributed by atoms with E-state index in [4.69, 9.17) is 18.5 Å². The lowest BCUT2D eigenvalue weighted by Gasteiger charge is -2.43. The van der Waals surface area contributed by atoms with Crippen molar-refractivity contribution in [1.82, 2.24) is 0 Å². The normalized spacial score (nSPS) is 22.5. The summed E-state index contributed by atoms with van der Waals surface area (Å²) < 4.78 is 60.2. The van der Waals surface area contributed by atoms with Crippen LogP contribution in [0.2, 0.25) is 0 Å². The van der Waals surface area contributed by atoms with Crippen LogP contribution in [0.3, 0.4) is 0 Å². The number of rotatable bonds is 42. The summed E-state index contributed by atoms with van der Waals surface area (Å²) >= 11 is 0. The number of quaternary nitrogens is 2. The molecule has 20 heteroatoms. The summed E-state index contributed by atoms with van der Waals surface area (Å²) in [4.78, 5) is 35.2. The molecule has 0 spiro atoms. The Morgan fingerprint density at radius 1 is 0.522 bits per heavy atom. The van der Waals surface area contributed by atoms with Crippen molar-refractivity contribution in [2.24, 2.45) is 0 Å². The molecule has 1 fully saturated rings. The number of phosphoric ester groups is 2. The predicted molar refractivity (Wildman–Crippen MR) is 254 cm³/mol. The van der Waals surface area contributed by atoms with Gasteiger partial charge in [-0.15, -0.1) is 0 Å². The van der Waals surface area contributed by atoms with Crippen LogP contribution in [0.4, 0.5) is 0 Å². The van der Waals surface area contributed by atoms with E-state index in [9.17, 15) is 44.0 Å². The third kappa shape index (κ3) is 31.0. The number of hydrogen-bond acceptors (Lipinski definition) is 15. The average molecular weight is 999 g/mol. The van der Waals surface area contributed by atoms with Gasteiger partial charge in [0.05, 0.1) is 6.61 Å². The minimum Gasteiger partial charge on any atom is -0.462 e. The molecular weight excluding hydrogens is 910 g/mol. The van der Waals surface area contributed by atoms with Gasteiger partial charge in [0.1, 0.15) is 43.2 Å². The zero-order valence-electron chi connectivity index (χ0n) is 40.5. The molecule has 0 radical (unpaired) electrons. The molecule has 18 nitrogen and oxygen atoms in total. The fraction of sp³-hybridized carbons (Fsp3) is 0.787. The minimum atomic E-state index is -4.92.